The molecule has 3 nitrogen and oxygen atoms in total. The van der Waals surface area contributed by atoms with Crippen molar-refractivity contribution in [3.05, 3.63) is 22.2 Å². The zero-order chi connectivity index (χ0) is 12.3. The highest BCUT2D eigenvalue weighted by Crippen LogP contribution is 2.43. The molecule has 0 saturated heterocycles. The Balaban J connectivity index is 2.27. The molecule has 1 aromatic carbocycles. The van der Waals surface area contributed by atoms with Crippen LogP contribution >= 0.6 is 11.6 Å². The molecule has 1 aliphatic heterocycles. The zero-order valence-corrected chi connectivity index (χ0v) is 10.8. The SMILES string of the molecule is CCc1c(CCCCN)cc2c(c1Cl)OCO2. The standard InChI is InChI=1S/C13H18ClNO2/c1-2-10-9(5-3-4-6-15)7-11-13(12(10)14)17-8-16-11/h7H,2-6,8,15H2,1H3. The molecule has 0 bridgehead atoms. The van der Waals surface area contributed by atoms with Crippen LogP contribution in [0.2, 0.25) is 5.02 Å². The lowest BCUT2D eigenvalue weighted by molar-refractivity contribution is 0.174. The molecule has 0 atom stereocenters. The first-order valence-corrected chi connectivity index (χ1v) is 6.45. The summed E-state index contributed by atoms with van der Waals surface area (Å²) in [7, 11) is 0. The maximum Gasteiger partial charge on any atom is 0.231 e. The van der Waals surface area contributed by atoms with Crippen molar-refractivity contribution in [2.24, 2.45) is 5.73 Å². The van der Waals surface area contributed by atoms with Crippen LogP contribution in [0.4, 0.5) is 0 Å². The monoisotopic (exact) mass is 255 g/mol. The lowest BCUT2D eigenvalue weighted by Crippen LogP contribution is -2.01. The Morgan fingerprint density at radius 3 is 2.88 bits per heavy atom. The number of fused-ring (bicyclic) bond motifs is 1. The molecule has 94 valence electrons. The second-order valence-corrected chi connectivity index (χ2v) is 4.54. The Morgan fingerprint density at radius 2 is 2.18 bits per heavy atom. The van der Waals surface area contributed by atoms with Gasteiger partial charge in [0.1, 0.15) is 0 Å². The van der Waals surface area contributed by atoms with E-state index in [2.05, 4.69) is 13.0 Å². The fourth-order valence-corrected chi connectivity index (χ4v) is 2.56. The number of ether oxygens (including phenoxy) is 2. The van der Waals surface area contributed by atoms with Crippen LogP contribution < -0.4 is 15.2 Å². The molecule has 0 unspecified atom stereocenters. The molecule has 1 heterocycles. The molecule has 0 radical (unpaired) electrons. The van der Waals surface area contributed by atoms with Crippen molar-refractivity contribution in [1.29, 1.82) is 0 Å². The summed E-state index contributed by atoms with van der Waals surface area (Å²) in [5.74, 6) is 1.47. The molecule has 0 aliphatic carbocycles. The lowest BCUT2D eigenvalue weighted by Gasteiger charge is -2.12. The molecule has 2 rings (SSSR count). The van der Waals surface area contributed by atoms with Crippen molar-refractivity contribution >= 4 is 11.6 Å². The van der Waals surface area contributed by atoms with Gasteiger partial charge in [0.15, 0.2) is 11.5 Å². The average molecular weight is 256 g/mol. The number of hydrogen-bond donors (Lipinski definition) is 1. The van der Waals surface area contributed by atoms with Gasteiger partial charge in [0.25, 0.3) is 0 Å². The summed E-state index contributed by atoms with van der Waals surface area (Å²) in [6.07, 6.45) is 4.03. The van der Waals surface area contributed by atoms with Crippen molar-refractivity contribution in [3.8, 4) is 11.5 Å². The quantitative estimate of drug-likeness (QED) is 0.823. The topological polar surface area (TPSA) is 44.5 Å². The predicted molar refractivity (Wildman–Crippen MR) is 68.9 cm³/mol. The Hall–Kier alpha value is -0.930. The van der Waals surface area contributed by atoms with Crippen molar-refractivity contribution in [2.45, 2.75) is 32.6 Å². The Morgan fingerprint density at radius 1 is 1.35 bits per heavy atom. The van der Waals surface area contributed by atoms with Gasteiger partial charge in [0.05, 0.1) is 5.02 Å². The van der Waals surface area contributed by atoms with E-state index in [4.69, 9.17) is 26.8 Å². The van der Waals surface area contributed by atoms with Crippen molar-refractivity contribution in [1.82, 2.24) is 0 Å². The summed E-state index contributed by atoms with van der Waals surface area (Å²) in [4.78, 5) is 0. The first-order chi connectivity index (χ1) is 8.27. The molecule has 0 amide bonds. The second kappa shape index (κ2) is 5.61. The summed E-state index contributed by atoms with van der Waals surface area (Å²) in [6.45, 7) is 3.11. The minimum atomic E-state index is 0.268. The molecule has 0 aromatic heterocycles. The van der Waals surface area contributed by atoms with E-state index in [9.17, 15) is 0 Å². The van der Waals surface area contributed by atoms with Crippen LogP contribution in [0, 0.1) is 0 Å². The molecular formula is C13H18ClNO2. The third-order valence-corrected chi connectivity index (χ3v) is 3.45. The van der Waals surface area contributed by atoms with Gasteiger partial charge in [-0.25, -0.2) is 0 Å². The maximum absolute atomic E-state index is 6.34. The molecular weight excluding hydrogens is 238 g/mol. The number of nitrogens with two attached hydrogens (primary N) is 1. The lowest BCUT2D eigenvalue weighted by atomic mass is 9.99. The average Bonchev–Trinajstić information content (AvgIpc) is 2.78. The highest BCUT2D eigenvalue weighted by Gasteiger charge is 2.22. The van der Waals surface area contributed by atoms with E-state index in [-0.39, 0.29) is 6.79 Å². The number of halogens is 1. The van der Waals surface area contributed by atoms with Crippen molar-refractivity contribution in [2.75, 3.05) is 13.3 Å². The van der Waals surface area contributed by atoms with Crippen LogP contribution in [0.15, 0.2) is 6.07 Å². The zero-order valence-electron chi connectivity index (χ0n) is 10.1. The highest BCUT2D eigenvalue weighted by atomic mass is 35.5. The third kappa shape index (κ3) is 2.50. The predicted octanol–water partition coefficient (Wildman–Crippen LogP) is 2.91. The van der Waals surface area contributed by atoms with Gasteiger partial charge in [-0.15, -0.1) is 0 Å². The number of aryl methyl sites for hydroxylation is 1. The molecule has 0 saturated carbocycles. The first-order valence-electron chi connectivity index (χ1n) is 6.07. The van der Waals surface area contributed by atoms with Crippen molar-refractivity contribution in [3.63, 3.8) is 0 Å². The minimum Gasteiger partial charge on any atom is -0.454 e. The van der Waals surface area contributed by atoms with E-state index < -0.39 is 0 Å². The van der Waals surface area contributed by atoms with Crippen LogP contribution in [-0.2, 0) is 12.8 Å². The van der Waals surface area contributed by atoms with Crippen molar-refractivity contribution < 1.29 is 9.47 Å². The van der Waals surface area contributed by atoms with E-state index in [1.54, 1.807) is 0 Å². The van der Waals surface area contributed by atoms with Gasteiger partial charge in [0, 0.05) is 0 Å². The van der Waals surface area contributed by atoms with Gasteiger partial charge in [-0.1, -0.05) is 18.5 Å². The highest BCUT2D eigenvalue weighted by molar-refractivity contribution is 6.33. The van der Waals surface area contributed by atoms with Gasteiger partial charge in [0.2, 0.25) is 6.79 Å². The van der Waals surface area contributed by atoms with Crippen LogP contribution in [0.25, 0.3) is 0 Å². The van der Waals surface area contributed by atoms with Gasteiger partial charge < -0.3 is 15.2 Å². The van der Waals surface area contributed by atoms with Gasteiger partial charge in [-0.2, -0.15) is 0 Å². The molecule has 0 spiro atoms. The van der Waals surface area contributed by atoms with Crippen LogP contribution in [0.3, 0.4) is 0 Å². The Bertz CT molecular complexity index is 407. The Kier molecular flexibility index (Phi) is 4.13. The molecule has 2 N–H and O–H groups in total. The summed E-state index contributed by atoms with van der Waals surface area (Å²) >= 11 is 6.34. The van der Waals surface area contributed by atoms with Crippen LogP contribution in [0.1, 0.15) is 30.9 Å². The molecule has 0 fully saturated rings. The number of benzene rings is 1. The fraction of sp³-hybridized carbons (Fsp3) is 0.538. The summed E-state index contributed by atoms with van der Waals surface area (Å²) in [6, 6.07) is 2.06. The van der Waals surface area contributed by atoms with E-state index >= 15 is 0 Å². The van der Waals surface area contributed by atoms with E-state index in [0.29, 0.717) is 10.8 Å². The van der Waals surface area contributed by atoms with E-state index in [0.717, 1.165) is 38.0 Å². The van der Waals surface area contributed by atoms with Crippen LogP contribution in [-0.4, -0.2) is 13.3 Å². The smallest absolute Gasteiger partial charge is 0.231 e. The van der Waals surface area contributed by atoms with Gasteiger partial charge in [-0.3, -0.25) is 0 Å². The first kappa shape index (κ1) is 12.5. The summed E-state index contributed by atoms with van der Waals surface area (Å²) in [5.41, 5.74) is 7.95. The van der Waals surface area contributed by atoms with E-state index in [1.807, 2.05) is 0 Å². The van der Waals surface area contributed by atoms with Gasteiger partial charge in [-0.05, 0) is 49.4 Å². The number of rotatable bonds is 5. The number of unbranched alkanes of at least 4 members (excludes halogenated alkanes) is 1. The van der Waals surface area contributed by atoms with Gasteiger partial charge >= 0.3 is 0 Å². The summed E-state index contributed by atoms with van der Waals surface area (Å²) < 4.78 is 10.8. The maximum atomic E-state index is 6.34. The molecule has 1 aromatic rings. The summed E-state index contributed by atoms with van der Waals surface area (Å²) in [5, 5.41) is 0.713. The molecule has 4 heteroatoms. The fourth-order valence-electron chi connectivity index (χ4n) is 2.16. The minimum absolute atomic E-state index is 0.268. The second-order valence-electron chi connectivity index (χ2n) is 4.16. The molecule has 17 heavy (non-hydrogen) atoms. The van der Waals surface area contributed by atoms with Crippen LogP contribution in [0.5, 0.6) is 11.5 Å². The normalized spacial score (nSPS) is 13.1. The largest absolute Gasteiger partial charge is 0.454 e. The van der Waals surface area contributed by atoms with E-state index in [1.165, 1.54) is 11.1 Å². The third-order valence-electron chi connectivity index (χ3n) is 3.05. The molecule has 1 aliphatic rings. The number of hydrogen-bond acceptors (Lipinski definition) is 3. The Labute approximate surface area is 107 Å².